The predicted molar refractivity (Wildman–Crippen MR) is 53.0 cm³/mol. The molecule has 0 radical (unpaired) electrons. The molecule has 0 aromatic heterocycles. The van der Waals surface area contributed by atoms with E-state index in [4.69, 9.17) is 5.73 Å². The lowest BCUT2D eigenvalue weighted by molar-refractivity contribution is -0.128. The van der Waals surface area contributed by atoms with Gasteiger partial charge in [-0.3, -0.25) is 14.9 Å². The Morgan fingerprint density at radius 3 is 2.86 bits per heavy atom. The summed E-state index contributed by atoms with van der Waals surface area (Å²) in [6.07, 6.45) is 5.31. The van der Waals surface area contributed by atoms with Crippen LogP contribution in [0.15, 0.2) is 23.4 Å². The van der Waals surface area contributed by atoms with Gasteiger partial charge >= 0.3 is 0 Å². The summed E-state index contributed by atoms with van der Waals surface area (Å²) in [5, 5.41) is 2.28. The van der Waals surface area contributed by atoms with Crippen LogP contribution in [0.2, 0.25) is 0 Å². The molecule has 0 unspecified atom stereocenters. The average molecular weight is 194 g/mol. The molecule has 0 saturated heterocycles. The summed E-state index contributed by atoms with van der Waals surface area (Å²) in [7, 11) is 0. The number of rotatable bonds is 2. The first-order valence-electron chi connectivity index (χ1n) is 4.64. The van der Waals surface area contributed by atoms with Gasteiger partial charge in [-0.15, -0.1) is 0 Å². The molecule has 4 nitrogen and oxygen atoms in total. The van der Waals surface area contributed by atoms with E-state index in [1.54, 1.807) is 13.0 Å². The van der Waals surface area contributed by atoms with E-state index in [2.05, 4.69) is 5.32 Å². The normalized spacial score (nSPS) is 15.5. The topological polar surface area (TPSA) is 72.2 Å². The number of carbonyl (C=O) groups excluding carboxylic acids is 2. The van der Waals surface area contributed by atoms with Crippen LogP contribution in [-0.4, -0.2) is 11.8 Å². The SMILES string of the molecule is CCC(=O)NC(=O)C1=C(N)C=CCC1. The predicted octanol–water partition coefficient (Wildman–Crippen LogP) is 0.602. The van der Waals surface area contributed by atoms with E-state index in [0.29, 0.717) is 24.1 Å². The van der Waals surface area contributed by atoms with Crippen molar-refractivity contribution in [1.82, 2.24) is 5.32 Å². The van der Waals surface area contributed by atoms with Gasteiger partial charge in [0.05, 0.1) is 0 Å². The van der Waals surface area contributed by atoms with Gasteiger partial charge in [0.1, 0.15) is 0 Å². The molecule has 0 saturated carbocycles. The lowest BCUT2D eigenvalue weighted by Crippen LogP contribution is -2.32. The Bertz CT molecular complexity index is 316. The Balaban J connectivity index is 2.69. The first kappa shape index (κ1) is 10.5. The van der Waals surface area contributed by atoms with Crippen molar-refractivity contribution in [2.45, 2.75) is 26.2 Å². The van der Waals surface area contributed by atoms with Gasteiger partial charge in [-0.25, -0.2) is 0 Å². The number of hydrogen-bond acceptors (Lipinski definition) is 3. The monoisotopic (exact) mass is 194 g/mol. The molecule has 4 heteroatoms. The molecule has 76 valence electrons. The molecule has 1 aliphatic carbocycles. The van der Waals surface area contributed by atoms with E-state index in [-0.39, 0.29) is 11.8 Å². The van der Waals surface area contributed by atoms with Crippen molar-refractivity contribution >= 4 is 11.8 Å². The lowest BCUT2D eigenvalue weighted by Gasteiger charge is -2.11. The van der Waals surface area contributed by atoms with E-state index in [1.165, 1.54) is 0 Å². The molecular weight excluding hydrogens is 180 g/mol. The molecule has 0 atom stereocenters. The standard InChI is InChI=1S/C10H14N2O2/c1-2-9(13)12-10(14)7-5-3-4-6-8(7)11/h4,6H,2-3,5,11H2,1H3,(H,12,13,14). The van der Waals surface area contributed by atoms with Gasteiger partial charge in [0.15, 0.2) is 0 Å². The summed E-state index contributed by atoms with van der Waals surface area (Å²) in [6.45, 7) is 1.70. The fraction of sp³-hybridized carbons (Fsp3) is 0.400. The van der Waals surface area contributed by atoms with Gasteiger partial charge in [-0.1, -0.05) is 13.0 Å². The van der Waals surface area contributed by atoms with Crippen LogP contribution < -0.4 is 11.1 Å². The summed E-state index contributed by atoms with van der Waals surface area (Å²) in [4.78, 5) is 22.4. The zero-order chi connectivity index (χ0) is 10.6. The Hall–Kier alpha value is -1.58. The summed E-state index contributed by atoms with van der Waals surface area (Å²) in [6, 6.07) is 0. The van der Waals surface area contributed by atoms with E-state index >= 15 is 0 Å². The van der Waals surface area contributed by atoms with Gasteiger partial charge in [-0.05, 0) is 18.9 Å². The summed E-state index contributed by atoms with van der Waals surface area (Å²) in [5.74, 6) is -0.636. The Morgan fingerprint density at radius 1 is 1.57 bits per heavy atom. The van der Waals surface area contributed by atoms with Gasteiger partial charge in [0.2, 0.25) is 5.91 Å². The third-order valence-electron chi connectivity index (χ3n) is 2.06. The molecule has 0 spiro atoms. The second kappa shape index (κ2) is 4.60. The maximum Gasteiger partial charge on any atom is 0.255 e. The van der Waals surface area contributed by atoms with E-state index in [0.717, 1.165) is 6.42 Å². The molecule has 0 aliphatic heterocycles. The van der Waals surface area contributed by atoms with E-state index in [1.807, 2.05) is 6.08 Å². The zero-order valence-corrected chi connectivity index (χ0v) is 8.17. The maximum absolute atomic E-state index is 11.5. The highest BCUT2D eigenvalue weighted by Gasteiger charge is 2.15. The highest BCUT2D eigenvalue weighted by atomic mass is 16.2. The second-order valence-corrected chi connectivity index (χ2v) is 3.11. The molecule has 3 N–H and O–H groups in total. The van der Waals surface area contributed by atoms with Gasteiger partial charge < -0.3 is 5.73 Å². The second-order valence-electron chi connectivity index (χ2n) is 3.11. The van der Waals surface area contributed by atoms with E-state index < -0.39 is 0 Å². The zero-order valence-electron chi connectivity index (χ0n) is 8.17. The molecule has 0 bridgehead atoms. The summed E-state index contributed by atoms with van der Waals surface area (Å²) < 4.78 is 0. The van der Waals surface area contributed by atoms with Crippen LogP contribution in [0.4, 0.5) is 0 Å². The van der Waals surface area contributed by atoms with Crippen LogP contribution in [0.25, 0.3) is 0 Å². The molecule has 0 aromatic rings. The first-order chi connectivity index (χ1) is 6.65. The Labute approximate surface area is 82.9 Å². The molecular formula is C10H14N2O2. The highest BCUT2D eigenvalue weighted by molar-refractivity contribution is 6.04. The largest absolute Gasteiger partial charge is 0.398 e. The van der Waals surface area contributed by atoms with Crippen molar-refractivity contribution in [2.75, 3.05) is 0 Å². The van der Waals surface area contributed by atoms with E-state index in [9.17, 15) is 9.59 Å². The number of amides is 2. The minimum absolute atomic E-state index is 0.273. The third-order valence-corrected chi connectivity index (χ3v) is 2.06. The maximum atomic E-state index is 11.5. The number of carbonyl (C=O) groups is 2. The van der Waals surface area contributed by atoms with Gasteiger partial charge in [0, 0.05) is 17.7 Å². The van der Waals surface area contributed by atoms with Crippen molar-refractivity contribution in [3.05, 3.63) is 23.4 Å². The van der Waals surface area contributed by atoms with Crippen LogP contribution >= 0.6 is 0 Å². The lowest BCUT2D eigenvalue weighted by atomic mass is 10.0. The fourth-order valence-corrected chi connectivity index (χ4v) is 1.22. The number of hydrogen-bond donors (Lipinski definition) is 2. The van der Waals surface area contributed by atoms with Crippen LogP contribution in [0.5, 0.6) is 0 Å². The van der Waals surface area contributed by atoms with Crippen molar-refractivity contribution in [3.63, 3.8) is 0 Å². The highest BCUT2D eigenvalue weighted by Crippen LogP contribution is 2.15. The number of nitrogens with two attached hydrogens (primary N) is 1. The van der Waals surface area contributed by atoms with Crippen molar-refractivity contribution in [2.24, 2.45) is 5.73 Å². The average Bonchev–Trinajstić information content (AvgIpc) is 2.18. The third kappa shape index (κ3) is 2.45. The molecule has 1 aliphatic rings. The first-order valence-corrected chi connectivity index (χ1v) is 4.64. The fourth-order valence-electron chi connectivity index (χ4n) is 1.22. The molecule has 2 amide bonds. The minimum Gasteiger partial charge on any atom is -0.398 e. The summed E-state index contributed by atoms with van der Waals surface area (Å²) in [5.41, 5.74) is 6.58. The molecule has 0 heterocycles. The van der Waals surface area contributed by atoms with Gasteiger partial charge in [0.25, 0.3) is 5.91 Å². The van der Waals surface area contributed by atoms with Crippen LogP contribution in [0, 0.1) is 0 Å². The van der Waals surface area contributed by atoms with Gasteiger partial charge in [-0.2, -0.15) is 0 Å². The van der Waals surface area contributed by atoms with Crippen LogP contribution in [-0.2, 0) is 9.59 Å². The number of imide groups is 1. The van der Waals surface area contributed by atoms with Crippen molar-refractivity contribution in [3.8, 4) is 0 Å². The molecule has 1 rings (SSSR count). The minimum atomic E-state index is -0.362. The summed E-state index contributed by atoms with van der Waals surface area (Å²) >= 11 is 0. The number of nitrogens with one attached hydrogen (secondary N) is 1. The molecule has 0 fully saturated rings. The molecule has 0 aromatic carbocycles. The van der Waals surface area contributed by atoms with Crippen LogP contribution in [0.3, 0.4) is 0 Å². The Kier molecular flexibility index (Phi) is 3.45. The van der Waals surface area contributed by atoms with Crippen LogP contribution in [0.1, 0.15) is 26.2 Å². The number of allylic oxidation sites excluding steroid dienone is 2. The molecule has 14 heavy (non-hydrogen) atoms. The smallest absolute Gasteiger partial charge is 0.255 e. The van der Waals surface area contributed by atoms with Crippen molar-refractivity contribution in [1.29, 1.82) is 0 Å². The Morgan fingerprint density at radius 2 is 2.29 bits per heavy atom. The van der Waals surface area contributed by atoms with Crippen molar-refractivity contribution < 1.29 is 9.59 Å². The quantitative estimate of drug-likeness (QED) is 0.676.